The fraction of sp³-hybridized carbons (Fsp3) is 0.0962. The summed E-state index contributed by atoms with van der Waals surface area (Å²) in [7, 11) is 0. The molecule has 2 aliphatic rings. The second kappa shape index (κ2) is 11.8. The minimum absolute atomic E-state index is 0.0918. The van der Waals surface area contributed by atoms with Crippen LogP contribution in [0.15, 0.2) is 169 Å². The molecule has 260 valence electrons. The minimum atomic E-state index is 0.0918. The lowest BCUT2D eigenvalue weighted by Gasteiger charge is -2.25. The van der Waals surface area contributed by atoms with Crippen LogP contribution in [0.2, 0.25) is 0 Å². The van der Waals surface area contributed by atoms with Gasteiger partial charge in [-0.25, -0.2) is 0 Å². The highest BCUT2D eigenvalue weighted by atomic mass is 15.0. The number of hydrogen-bond acceptors (Lipinski definition) is 1. The number of fused-ring (bicyclic) bond motifs is 8. The fourth-order valence-corrected chi connectivity index (χ4v) is 9.57. The largest absolute Gasteiger partial charge is 0.309 e. The Labute approximate surface area is 320 Å². The number of aromatic nitrogens is 2. The predicted octanol–water partition coefficient (Wildman–Crippen LogP) is 13.5. The van der Waals surface area contributed by atoms with Gasteiger partial charge in [0.2, 0.25) is 0 Å². The van der Waals surface area contributed by atoms with Crippen LogP contribution >= 0.6 is 0 Å². The van der Waals surface area contributed by atoms with Crippen LogP contribution < -0.4 is 0 Å². The van der Waals surface area contributed by atoms with Crippen LogP contribution in [0, 0.1) is 11.3 Å². The molecule has 0 spiro atoms. The zero-order valence-corrected chi connectivity index (χ0v) is 30.8. The molecule has 3 nitrogen and oxygen atoms in total. The Balaban J connectivity index is 0.992. The molecule has 0 amide bonds. The maximum atomic E-state index is 9.38. The highest BCUT2D eigenvalue weighted by Crippen LogP contribution is 2.51. The average Bonchev–Trinajstić information content (AvgIpc) is 3.83. The summed E-state index contributed by atoms with van der Waals surface area (Å²) in [5.74, 6) is 0. The quantitative estimate of drug-likeness (QED) is 0.180. The van der Waals surface area contributed by atoms with Crippen molar-refractivity contribution in [3.63, 3.8) is 0 Å². The molecule has 0 aliphatic heterocycles. The molecular weight excluding hydrogens is 667 g/mol. The predicted molar refractivity (Wildman–Crippen MR) is 229 cm³/mol. The third-order valence-corrected chi connectivity index (χ3v) is 12.3. The van der Waals surface area contributed by atoms with Crippen LogP contribution in [0.25, 0.3) is 82.8 Å². The topological polar surface area (TPSA) is 33.6 Å². The summed E-state index contributed by atoms with van der Waals surface area (Å²) in [5.41, 5.74) is 18.4. The van der Waals surface area contributed by atoms with Crippen LogP contribution in [0.3, 0.4) is 0 Å². The van der Waals surface area contributed by atoms with Gasteiger partial charge in [-0.05, 0) is 131 Å². The highest BCUT2D eigenvalue weighted by molar-refractivity contribution is 6.12. The van der Waals surface area contributed by atoms with E-state index in [0.717, 1.165) is 35.2 Å². The average molecular weight is 704 g/mol. The number of para-hydroxylation sites is 2. The molecule has 2 heterocycles. The first-order chi connectivity index (χ1) is 27.0. The second-order valence-corrected chi connectivity index (χ2v) is 15.6. The van der Waals surface area contributed by atoms with E-state index < -0.39 is 0 Å². The molecule has 2 aromatic heterocycles. The van der Waals surface area contributed by atoms with Gasteiger partial charge in [-0.2, -0.15) is 5.26 Å². The number of hydrogen-bond donors (Lipinski definition) is 0. The number of nitriles is 1. The van der Waals surface area contributed by atoms with Crippen molar-refractivity contribution >= 4 is 49.2 Å². The molecule has 9 aromatic rings. The Hall–Kier alpha value is -6.89. The van der Waals surface area contributed by atoms with Gasteiger partial charge in [0.15, 0.2) is 0 Å². The monoisotopic (exact) mass is 703 g/mol. The molecule has 0 bridgehead atoms. The minimum Gasteiger partial charge on any atom is -0.309 e. The van der Waals surface area contributed by atoms with Crippen molar-refractivity contribution in [2.24, 2.45) is 0 Å². The number of nitrogens with zero attached hydrogens (tertiary/aromatic N) is 3. The van der Waals surface area contributed by atoms with Crippen molar-refractivity contribution in [1.82, 2.24) is 9.13 Å². The second-order valence-electron chi connectivity index (χ2n) is 15.6. The van der Waals surface area contributed by atoms with Crippen LogP contribution in [0.4, 0.5) is 0 Å². The number of allylic oxidation sites excluding steroid dienone is 4. The lowest BCUT2D eigenvalue weighted by molar-refractivity contribution is 0.607. The van der Waals surface area contributed by atoms with Crippen molar-refractivity contribution < 1.29 is 0 Å². The van der Waals surface area contributed by atoms with E-state index >= 15 is 0 Å². The van der Waals surface area contributed by atoms with Crippen molar-refractivity contribution in [1.29, 1.82) is 5.26 Å². The van der Waals surface area contributed by atoms with Gasteiger partial charge in [-0.1, -0.05) is 104 Å². The Kier molecular flexibility index (Phi) is 6.79. The first kappa shape index (κ1) is 31.6. The van der Waals surface area contributed by atoms with Gasteiger partial charge in [0.25, 0.3) is 0 Å². The molecule has 55 heavy (non-hydrogen) atoms. The summed E-state index contributed by atoms with van der Waals surface area (Å²) < 4.78 is 4.70. The van der Waals surface area contributed by atoms with E-state index in [1.54, 1.807) is 5.57 Å². The first-order valence-electron chi connectivity index (χ1n) is 19.2. The molecule has 0 atom stereocenters. The molecule has 11 rings (SSSR count). The number of rotatable bonds is 4. The summed E-state index contributed by atoms with van der Waals surface area (Å²) in [6, 6.07) is 57.3. The number of benzene rings is 7. The van der Waals surface area contributed by atoms with Crippen molar-refractivity contribution in [2.75, 3.05) is 0 Å². The molecule has 2 aliphatic carbocycles. The molecule has 0 N–H and O–H groups in total. The van der Waals surface area contributed by atoms with Gasteiger partial charge < -0.3 is 9.13 Å². The summed E-state index contributed by atoms with van der Waals surface area (Å²) in [5, 5.41) is 14.3. The lowest BCUT2D eigenvalue weighted by Crippen LogP contribution is -2.17. The third-order valence-electron chi connectivity index (χ3n) is 12.3. The lowest BCUT2D eigenvalue weighted by atomic mass is 9.78. The summed E-state index contributed by atoms with van der Waals surface area (Å²) in [6.45, 7) is 4.77. The Bertz CT molecular complexity index is 3160. The first-order valence-corrected chi connectivity index (χ1v) is 19.2. The normalized spacial score (nSPS) is 14.6. The van der Waals surface area contributed by atoms with Gasteiger partial charge >= 0.3 is 0 Å². The molecule has 0 saturated heterocycles. The summed E-state index contributed by atoms with van der Waals surface area (Å²) >= 11 is 0. The molecule has 7 aromatic carbocycles. The maximum Gasteiger partial charge on any atom is 0.0991 e. The van der Waals surface area contributed by atoms with E-state index in [9.17, 15) is 5.26 Å². The van der Waals surface area contributed by atoms with Crippen LogP contribution in [-0.4, -0.2) is 9.13 Å². The standard InChI is InChI=1S/C52H37N3/c1-52(2)46-12-6-3-9-40(46)43-29-35(19-26-47(43)52)34-17-24-39(25-18-34)55-49-14-8-5-11-42(49)45-31-37(21-28-51(45)55)36-20-27-50-44(30-36)41-10-4-7-13-48(41)54(50)38-22-15-33(32-53)16-23-38/h3-5,7-11,13-31H,6,12H2,1-2H3. The molecular formula is C52H37N3. The van der Waals surface area contributed by atoms with E-state index in [2.05, 4.69) is 169 Å². The third kappa shape index (κ3) is 4.68. The Morgan fingerprint density at radius 3 is 1.64 bits per heavy atom. The maximum absolute atomic E-state index is 9.38. The Morgan fingerprint density at radius 1 is 0.527 bits per heavy atom. The fourth-order valence-electron chi connectivity index (χ4n) is 9.57. The summed E-state index contributed by atoms with van der Waals surface area (Å²) in [6.07, 6.45) is 6.97. The van der Waals surface area contributed by atoms with E-state index in [0.29, 0.717) is 5.56 Å². The van der Waals surface area contributed by atoms with Gasteiger partial charge in [0, 0.05) is 38.3 Å². The van der Waals surface area contributed by atoms with Crippen molar-refractivity contribution in [2.45, 2.75) is 32.1 Å². The van der Waals surface area contributed by atoms with Gasteiger partial charge in [-0.3, -0.25) is 0 Å². The molecule has 0 fully saturated rings. The van der Waals surface area contributed by atoms with Gasteiger partial charge in [0.1, 0.15) is 0 Å². The van der Waals surface area contributed by atoms with Crippen molar-refractivity contribution in [3.8, 4) is 39.7 Å². The highest BCUT2D eigenvalue weighted by Gasteiger charge is 2.37. The van der Waals surface area contributed by atoms with Crippen LogP contribution in [0.1, 0.15) is 43.4 Å². The molecule has 0 radical (unpaired) electrons. The molecule has 3 heteroatoms. The van der Waals surface area contributed by atoms with Crippen LogP contribution in [0.5, 0.6) is 0 Å². The Morgan fingerprint density at radius 2 is 1.04 bits per heavy atom. The smallest absolute Gasteiger partial charge is 0.0991 e. The van der Waals surface area contributed by atoms with E-state index in [-0.39, 0.29) is 5.41 Å². The zero-order valence-electron chi connectivity index (χ0n) is 30.8. The van der Waals surface area contributed by atoms with Crippen molar-refractivity contribution in [3.05, 3.63) is 186 Å². The molecule has 0 unspecified atom stereocenters. The molecule has 0 saturated carbocycles. The van der Waals surface area contributed by atoms with E-state index in [1.165, 1.54) is 71.5 Å². The van der Waals surface area contributed by atoms with E-state index in [1.807, 2.05) is 24.3 Å². The summed E-state index contributed by atoms with van der Waals surface area (Å²) in [4.78, 5) is 0. The van der Waals surface area contributed by atoms with Gasteiger partial charge in [-0.15, -0.1) is 0 Å². The zero-order chi connectivity index (χ0) is 36.8. The van der Waals surface area contributed by atoms with Gasteiger partial charge in [0.05, 0.1) is 33.7 Å². The van der Waals surface area contributed by atoms with Crippen LogP contribution in [-0.2, 0) is 5.41 Å². The van der Waals surface area contributed by atoms with E-state index in [4.69, 9.17) is 0 Å². The SMILES string of the molecule is CC1(C)C2=C(C=CCC2)c2cc(-c3ccc(-n4c5ccccc5c5cc(-c6ccc7c(c6)c6ccccc6n7-c6ccc(C#N)cc6)ccc54)cc3)ccc21.